The van der Waals surface area contributed by atoms with Gasteiger partial charge in [-0.05, 0) is 54.8 Å². The molecule has 0 aliphatic heterocycles. The largest absolute Gasteiger partial charge is 0.322 e. The van der Waals surface area contributed by atoms with Crippen LogP contribution in [-0.2, 0) is 0 Å². The molecule has 0 spiro atoms. The van der Waals surface area contributed by atoms with Crippen LogP contribution in [0.2, 0.25) is 0 Å². The maximum atomic E-state index is 12.8. The molecule has 0 aliphatic rings. The first-order valence-corrected chi connectivity index (χ1v) is 8.80. The van der Waals surface area contributed by atoms with Crippen molar-refractivity contribution in [1.82, 2.24) is 20.1 Å². The summed E-state index contributed by atoms with van der Waals surface area (Å²) >= 11 is 0. The number of benzene rings is 1. The normalized spacial score (nSPS) is 11.8. The fourth-order valence-electron chi connectivity index (χ4n) is 3.07. The molecule has 1 aromatic carbocycles. The van der Waals surface area contributed by atoms with Crippen LogP contribution in [0, 0.1) is 0 Å². The summed E-state index contributed by atoms with van der Waals surface area (Å²) < 4.78 is 0. The van der Waals surface area contributed by atoms with Gasteiger partial charge in [-0.15, -0.1) is 0 Å². The number of urea groups is 1. The van der Waals surface area contributed by atoms with Gasteiger partial charge in [0.1, 0.15) is 0 Å². The Hall–Kier alpha value is -3.15. The van der Waals surface area contributed by atoms with E-state index in [9.17, 15) is 4.79 Å². The molecule has 3 aromatic rings. The Morgan fingerprint density at radius 2 is 1.81 bits per heavy atom. The third kappa shape index (κ3) is 3.91. The summed E-state index contributed by atoms with van der Waals surface area (Å²) in [7, 11) is 0. The van der Waals surface area contributed by atoms with Crippen molar-refractivity contribution in [2.75, 3.05) is 11.9 Å². The predicted octanol–water partition coefficient (Wildman–Crippen LogP) is 4.48. The Morgan fingerprint density at radius 3 is 2.38 bits per heavy atom. The summed E-state index contributed by atoms with van der Waals surface area (Å²) in [4.78, 5) is 18.7. The number of aromatic nitrogens is 3. The van der Waals surface area contributed by atoms with Crippen LogP contribution in [0.5, 0.6) is 0 Å². The summed E-state index contributed by atoms with van der Waals surface area (Å²) in [6.45, 7) is 4.70. The molecule has 0 bridgehead atoms. The highest BCUT2D eigenvalue weighted by atomic mass is 16.2. The maximum absolute atomic E-state index is 12.8. The lowest BCUT2D eigenvalue weighted by molar-refractivity contribution is 0.190. The minimum atomic E-state index is -0.106. The Bertz CT molecular complexity index is 815. The van der Waals surface area contributed by atoms with E-state index in [2.05, 4.69) is 27.4 Å². The van der Waals surface area contributed by atoms with Gasteiger partial charge in [0, 0.05) is 30.8 Å². The minimum absolute atomic E-state index is 0.0206. The Kier molecular flexibility index (Phi) is 5.63. The molecule has 6 nitrogen and oxygen atoms in total. The van der Waals surface area contributed by atoms with Gasteiger partial charge in [0.15, 0.2) is 0 Å². The fourth-order valence-corrected chi connectivity index (χ4v) is 3.07. The smallest absolute Gasteiger partial charge is 0.318 e. The van der Waals surface area contributed by atoms with E-state index in [1.807, 2.05) is 54.3 Å². The van der Waals surface area contributed by atoms with Crippen molar-refractivity contribution in [3.8, 4) is 11.3 Å². The quantitative estimate of drug-likeness (QED) is 0.689. The van der Waals surface area contributed by atoms with Crippen LogP contribution >= 0.6 is 0 Å². The molecule has 3 rings (SSSR count). The van der Waals surface area contributed by atoms with Crippen LogP contribution in [0.15, 0.2) is 61.1 Å². The van der Waals surface area contributed by atoms with E-state index in [0.717, 1.165) is 28.9 Å². The molecular weight excluding hydrogens is 326 g/mol. The van der Waals surface area contributed by atoms with Crippen molar-refractivity contribution in [1.29, 1.82) is 0 Å². The summed E-state index contributed by atoms with van der Waals surface area (Å²) in [5.41, 5.74) is 3.83. The number of nitrogens with one attached hydrogen (secondary N) is 2. The van der Waals surface area contributed by atoms with Gasteiger partial charge in [-0.25, -0.2) is 4.79 Å². The van der Waals surface area contributed by atoms with E-state index in [-0.39, 0.29) is 12.1 Å². The minimum Gasteiger partial charge on any atom is -0.318 e. The highest BCUT2D eigenvalue weighted by Gasteiger charge is 2.22. The molecule has 2 N–H and O–H groups in total. The molecule has 134 valence electrons. The van der Waals surface area contributed by atoms with Crippen molar-refractivity contribution >= 4 is 11.7 Å². The number of hydrogen-bond acceptors (Lipinski definition) is 3. The second-order valence-electron chi connectivity index (χ2n) is 5.97. The highest BCUT2D eigenvalue weighted by molar-refractivity contribution is 5.90. The number of nitrogens with zero attached hydrogens (tertiary/aromatic N) is 3. The van der Waals surface area contributed by atoms with Crippen molar-refractivity contribution in [2.45, 2.75) is 26.3 Å². The monoisotopic (exact) mass is 349 g/mol. The van der Waals surface area contributed by atoms with E-state index < -0.39 is 0 Å². The van der Waals surface area contributed by atoms with Crippen molar-refractivity contribution in [3.05, 3.63) is 66.6 Å². The van der Waals surface area contributed by atoms with Crippen molar-refractivity contribution in [2.24, 2.45) is 0 Å². The van der Waals surface area contributed by atoms with E-state index in [1.54, 1.807) is 18.6 Å². The van der Waals surface area contributed by atoms with E-state index in [4.69, 9.17) is 0 Å². The first-order valence-electron chi connectivity index (χ1n) is 8.80. The number of aromatic amines is 1. The van der Waals surface area contributed by atoms with E-state index >= 15 is 0 Å². The van der Waals surface area contributed by atoms with Gasteiger partial charge >= 0.3 is 6.03 Å². The lowest BCUT2D eigenvalue weighted by Gasteiger charge is -2.30. The maximum Gasteiger partial charge on any atom is 0.322 e. The van der Waals surface area contributed by atoms with Crippen molar-refractivity contribution in [3.63, 3.8) is 0 Å². The average Bonchev–Trinajstić information content (AvgIpc) is 3.22. The second kappa shape index (κ2) is 8.29. The van der Waals surface area contributed by atoms with Gasteiger partial charge in [0.2, 0.25) is 0 Å². The first kappa shape index (κ1) is 17.7. The van der Waals surface area contributed by atoms with Gasteiger partial charge in [-0.2, -0.15) is 5.10 Å². The molecule has 2 amide bonds. The summed E-state index contributed by atoms with van der Waals surface area (Å²) in [6.07, 6.45) is 6.08. The molecule has 0 saturated carbocycles. The summed E-state index contributed by atoms with van der Waals surface area (Å²) in [5.74, 6) is 0. The number of amides is 2. The molecule has 1 unspecified atom stereocenters. The van der Waals surface area contributed by atoms with Gasteiger partial charge in [0.25, 0.3) is 0 Å². The van der Waals surface area contributed by atoms with Crippen LogP contribution in [0.4, 0.5) is 10.5 Å². The molecular formula is C20H23N5O. The lowest BCUT2D eigenvalue weighted by Crippen LogP contribution is -2.37. The van der Waals surface area contributed by atoms with Crippen molar-refractivity contribution < 1.29 is 4.79 Å². The molecule has 0 fully saturated rings. The zero-order chi connectivity index (χ0) is 18.4. The van der Waals surface area contributed by atoms with Gasteiger partial charge in [-0.1, -0.05) is 19.1 Å². The fraction of sp³-hybridized carbons (Fsp3) is 0.250. The molecule has 26 heavy (non-hydrogen) atoms. The number of pyridine rings is 1. The summed E-state index contributed by atoms with van der Waals surface area (Å²) in [5, 5.41) is 9.88. The highest BCUT2D eigenvalue weighted by Crippen LogP contribution is 2.25. The SMILES string of the molecule is CCC(c1ccncc1)N(CC)C(=O)Nc1ccc(-c2ccn[nH]2)cc1. The number of anilines is 1. The topological polar surface area (TPSA) is 73.9 Å². The van der Waals surface area contributed by atoms with Gasteiger partial charge < -0.3 is 10.2 Å². The molecule has 0 saturated heterocycles. The number of rotatable bonds is 6. The third-order valence-corrected chi connectivity index (χ3v) is 4.40. The second-order valence-corrected chi connectivity index (χ2v) is 5.97. The standard InChI is InChI=1S/C20H23N5O/c1-3-19(16-9-12-21-13-10-16)25(4-2)20(26)23-17-7-5-15(6-8-17)18-11-14-22-24-18/h5-14,19H,3-4H2,1-2H3,(H,22,24)(H,23,26). The zero-order valence-corrected chi connectivity index (χ0v) is 15.0. The third-order valence-electron chi connectivity index (χ3n) is 4.40. The number of H-pyrrole nitrogens is 1. The van der Waals surface area contributed by atoms with Crippen LogP contribution in [0.25, 0.3) is 11.3 Å². The average molecular weight is 349 g/mol. The Labute approximate surface area is 153 Å². The molecule has 1 atom stereocenters. The van der Waals surface area contributed by atoms with E-state index in [1.165, 1.54) is 0 Å². The lowest BCUT2D eigenvalue weighted by atomic mass is 10.0. The molecule has 2 aromatic heterocycles. The van der Waals surface area contributed by atoms with Crippen LogP contribution < -0.4 is 5.32 Å². The Balaban J connectivity index is 1.72. The number of carbonyl (C=O) groups excluding carboxylic acids is 1. The van der Waals surface area contributed by atoms with E-state index in [0.29, 0.717) is 6.54 Å². The number of carbonyl (C=O) groups is 1. The van der Waals surface area contributed by atoms with Gasteiger partial charge in [-0.3, -0.25) is 10.1 Å². The zero-order valence-electron chi connectivity index (χ0n) is 15.0. The number of hydrogen-bond donors (Lipinski definition) is 2. The summed E-state index contributed by atoms with van der Waals surface area (Å²) in [6, 6.07) is 13.5. The van der Waals surface area contributed by atoms with Gasteiger partial charge in [0.05, 0.1) is 11.7 Å². The Morgan fingerprint density at radius 1 is 1.08 bits per heavy atom. The molecule has 0 aliphatic carbocycles. The molecule has 2 heterocycles. The molecule has 0 radical (unpaired) electrons. The first-order chi connectivity index (χ1) is 12.7. The molecule has 6 heteroatoms. The predicted molar refractivity (Wildman–Crippen MR) is 103 cm³/mol. The van der Waals surface area contributed by atoms with Crippen LogP contribution in [0.3, 0.4) is 0 Å². The van der Waals surface area contributed by atoms with Crippen LogP contribution in [-0.4, -0.2) is 32.7 Å². The van der Waals surface area contributed by atoms with Crippen LogP contribution in [0.1, 0.15) is 31.9 Å².